The second-order valence-corrected chi connectivity index (χ2v) is 4.09. The van der Waals surface area contributed by atoms with E-state index in [2.05, 4.69) is 4.98 Å². The van der Waals surface area contributed by atoms with Gasteiger partial charge in [0.05, 0.1) is 11.2 Å². The Morgan fingerprint density at radius 2 is 2.16 bits per heavy atom. The quantitative estimate of drug-likeness (QED) is 0.935. The Hall–Kier alpha value is -2.14. The number of carboxylic acid groups (broad SMARTS) is 1. The van der Waals surface area contributed by atoms with Gasteiger partial charge in [-0.25, -0.2) is 14.2 Å². The fourth-order valence-electron chi connectivity index (χ4n) is 1.41. The molecule has 0 saturated carbocycles. The Morgan fingerprint density at radius 1 is 1.37 bits per heavy atom. The van der Waals surface area contributed by atoms with Gasteiger partial charge in [-0.05, 0) is 18.2 Å². The van der Waals surface area contributed by atoms with Gasteiger partial charge >= 0.3 is 5.97 Å². The van der Waals surface area contributed by atoms with Crippen LogP contribution in [0.1, 0.15) is 16.1 Å². The highest BCUT2D eigenvalue weighted by Gasteiger charge is 2.08. The largest absolute Gasteiger partial charge is 0.487 e. The van der Waals surface area contributed by atoms with Crippen molar-refractivity contribution in [1.29, 1.82) is 0 Å². The lowest BCUT2D eigenvalue weighted by molar-refractivity contribution is 0.0690. The molecule has 0 unspecified atom stereocenters. The summed E-state index contributed by atoms with van der Waals surface area (Å²) in [4.78, 5) is 14.3. The molecule has 0 radical (unpaired) electrons. The topological polar surface area (TPSA) is 59.4 Å². The Morgan fingerprint density at radius 3 is 2.79 bits per heavy atom. The van der Waals surface area contributed by atoms with Crippen molar-refractivity contribution < 1.29 is 19.0 Å². The van der Waals surface area contributed by atoms with E-state index in [0.717, 1.165) is 0 Å². The summed E-state index contributed by atoms with van der Waals surface area (Å²) in [6, 6.07) is 7.39. The van der Waals surface area contributed by atoms with Gasteiger partial charge in [-0.1, -0.05) is 23.7 Å². The summed E-state index contributed by atoms with van der Waals surface area (Å²) in [5.41, 5.74) is 0.232. The third kappa shape index (κ3) is 3.20. The number of pyridine rings is 1. The highest BCUT2D eigenvalue weighted by atomic mass is 35.5. The minimum absolute atomic E-state index is 0.0134. The Balaban J connectivity index is 2.06. The highest BCUT2D eigenvalue weighted by molar-refractivity contribution is 6.30. The van der Waals surface area contributed by atoms with Crippen LogP contribution in [0.25, 0.3) is 0 Å². The summed E-state index contributed by atoms with van der Waals surface area (Å²) >= 11 is 5.64. The minimum atomic E-state index is -1.12. The molecule has 0 spiro atoms. The number of carbonyl (C=O) groups is 1. The highest BCUT2D eigenvalue weighted by Crippen LogP contribution is 2.19. The summed E-state index contributed by atoms with van der Waals surface area (Å²) < 4.78 is 18.9. The molecular formula is C13H9ClFNO3. The van der Waals surface area contributed by atoms with Crippen molar-refractivity contribution in [3.63, 3.8) is 0 Å². The first-order chi connectivity index (χ1) is 9.08. The fourth-order valence-corrected chi connectivity index (χ4v) is 1.61. The second kappa shape index (κ2) is 5.67. The number of carboxylic acids is 1. The molecule has 0 fully saturated rings. The molecule has 1 heterocycles. The molecule has 4 nitrogen and oxygen atoms in total. The molecule has 19 heavy (non-hydrogen) atoms. The standard InChI is InChI=1S/C13H9ClFNO3/c14-10-3-1-2-8(12(10)15)7-19-9-4-5-11(13(17)18)16-6-9/h1-6H,7H2,(H,17,18). The van der Waals surface area contributed by atoms with Crippen molar-refractivity contribution in [3.8, 4) is 5.75 Å². The molecule has 0 aliphatic carbocycles. The van der Waals surface area contributed by atoms with Crippen LogP contribution in [0, 0.1) is 5.82 Å². The van der Waals surface area contributed by atoms with Gasteiger partial charge in [-0.15, -0.1) is 0 Å². The summed E-state index contributed by atoms with van der Waals surface area (Å²) in [6.07, 6.45) is 1.27. The average Bonchev–Trinajstić information content (AvgIpc) is 2.41. The minimum Gasteiger partial charge on any atom is -0.487 e. The lowest BCUT2D eigenvalue weighted by Crippen LogP contribution is -2.02. The first kappa shape index (κ1) is 13.3. The van der Waals surface area contributed by atoms with Crippen LogP contribution >= 0.6 is 11.6 Å². The van der Waals surface area contributed by atoms with E-state index in [-0.39, 0.29) is 17.3 Å². The molecule has 6 heteroatoms. The molecule has 0 bridgehead atoms. The molecule has 1 aromatic carbocycles. The third-order valence-corrected chi connectivity index (χ3v) is 2.67. The molecular weight excluding hydrogens is 273 g/mol. The first-order valence-electron chi connectivity index (χ1n) is 5.33. The number of benzene rings is 1. The van der Waals surface area contributed by atoms with E-state index in [1.807, 2.05) is 0 Å². The van der Waals surface area contributed by atoms with Crippen molar-refractivity contribution in [1.82, 2.24) is 4.98 Å². The molecule has 0 saturated heterocycles. The van der Waals surface area contributed by atoms with Gasteiger partial charge in [-0.3, -0.25) is 0 Å². The van der Waals surface area contributed by atoms with Crippen molar-refractivity contribution in [3.05, 3.63) is 58.6 Å². The number of ether oxygens (including phenoxy) is 1. The first-order valence-corrected chi connectivity index (χ1v) is 5.71. The molecule has 0 aliphatic heterocycles. The van der Waals surface area contributed by atoms with E-state index in [1.54, 1.807) is 12.1 Å². The van der Waals surface area contributed by atoms with Crippen LogP contribution < -0.4 is 4.74 Å². The van der Waals surface area contributed by atoms with E-state index in [0.29, 0.717) is 11.3 Å². The van der Waals surface area contributed by atoms with Crippen LogP contribution in [0.2, 0.25) is 5.02 Å². The maximum Gasteiger partial charge on any atom is 0.354 e. The zero-order valence-electron chi connectivity index (χ0n) is 9.64. The monoisotopic (exact) mass is 281 g/mol. The molecule has 0 atom stereocenters. The fraction of sp³-hybridized carbons (Fsp3) is 0.0769. The van der Waals surface area contributed by atoms with Crippen molar-refractivity contribution in [2.24, 2.45) is 0 Å². The van der Waals surface area contributed by atoms with Crippen molar-refractivity contribution in [2.75, 3.05) is 0 Å². The van der Waals surface area contributed by atoms with E-state index in [9.17, 15) is 9.18 Å². The van der Waals surface area contributed by atoms with Gasteiger partial charge in [0.2, 0.25) is 0 Å². The molecule has 2 aromatic rings. The van der Waals surface area contributed by atoms with Crippen LogP contribution in [0.4, 0.5) is 4.39 Å². The summed E-state index contributed by atoms with van der Waals surface area (Å²) in [5.74, 6) is -1.30. The normalized spacial score (nSPS) is 10.2. The van der Waals surface area contributed by atoms with Gasteiger partial charge in [0.1, 0.15) is 23.9 Å². The number of rotatable bonds is 4. The number of nitrogens with zero attached hydrogens (tertiary/aromatic N) is 1. The maximum absolute atomic E-state index is 13.6. The second-order valence-electron chi connectivity index (χ2n) is 3.69. The lowest BCUT2D eigenvalue weighted by atomic mass is 10.2. The number of hydrogen-bond acceptors (Lipinski definition) is 3. The van der Waals surface area contributed by atoms with Crippen LogP contribution in [0.3, 0.4) is 0 Å². The predicted molar refractivity (Wildman–Crippen MR) is 66.9 cm³/mol. The van der Waals surface area contributed by atoms with Crippen LogP contribution in [-0.4, -0.2) is 16.1 Å². The molecule has 98 valence electrons. The van der Waals surface area contributed by atoms with E-state index >= 15 is 0 Å². The number of halogens is 2. The number of hydrogen-bond donors (Lipinski definition) is 1. The zero-order valence-corrected chi connectivity index (χ0v) is 10.4. The van der Waals surface area contributed by atoms with E-state index in [1.165, 1.54) is 24.4 Å². The van der Waals surface area contributed by atoms with Gasteiger partial charge < -0.3 is 9.84 Å². The molecule has 1 N–H and O–H groups in total. The SMILES string of the molecule is O=C(O)c1ccc(OCc2cccc(Cl)c2F)cn1. The van der Waals surface area contributed by atoms with Gasteiger partial charge in [0.15, 0.2) is 0 Å². The van der Waals surface area contributed by atoms with Crippen LogP contribution in [-0.2, 0) is 6.61 Å². The van der Waals surface area contributed by atoms with Crippen molar-refractivity contribution in [2.45, 2.75) is 6.61 Å². The van der Waals surface area contributed by atoms with E-state index < -0.39 is 11.8 Å². The Kier molecular flexibility index (Phi) is 3.97. The summed E-state index contributed by atoms with van der Waals surface area (Å²) in [6.45, 7) is -0.0134. The van der Waals surface area contributed by atoms with Crippen molar-refractivity contribution >= 4 is 17.6 Å². The number of aromatic carboxylic acids is 1. The predicted octanol–water partition coefficient (Wildman–Crippen LogP) is 3.15. The molecule has 0 aliphatic rings. The number of aromatic nitrogens is 1. The molecule has 0 amide bonds. The molecule has 2 rings (SSSR count). The summed E-state index contributed by atoms with van der Waals surface area (Å²) in [7, 11) is 0. The van der Waals surface area contributed by atoms with Gasteiger partial charge in [0.25, 0.3) is 0 Å². The smallest absolute Gasteiger partial charge is 0.354 e. The zero-order chi connectivity index (χ0) is 13.8. The van der Waals surface area contributed by atoms with Gasteiger partial charge in [0, 0.05) is 5.56 Å². The third-order valence-electron chi connectivity index (χ3n) is 2.38. The molecule has 1 aromatic heterocycles. The average molecular weight is 282 g/mol. The summed E-state index contributed by atoms with van der Waals surface area (Å²) in [5, 5.41) is 8.71. The Labute approximate surface area is 113 Å². The van der Waals surface area contributed by atoms with E-state index in [4.69, 9.17) is 21.4 Å². The van der Waals surface area contributed by atoms with Gasteiger partial charge in [-0.2, -0.15) is 0 Å². The lowest BCUT2D eigenvalue weighted by Gasteiger charge is -2.07. The maximum atomic E-state index is 13.6. The van der Waals surface area contributed by atoms with Crippen LogP contribution in [0.15, 0.2) is 36.5 Å². The van der Waals surface area contributed by atoms with Crippen LogP contribution in [0.5, 0.6) is 5.75 Å². The Bertz CT molecular complexity index is 601.